The number of rotatable bonds is 4. The number of hydrogen-bond acceptors (Lipinski definition) is 12. The fourth-order valence-electron chi connectivity index (χ4n) is 19.2. The van der Waals surface area contributed by atoms with Gasteiger partial charge >= 0.3 is 0 Å². The van der Waals surface area contributed by atoms with Crippen molar-refractivity contribution in [3.8, 4) is 68.3 Å². The van der Waals surface area contributed by atoms with E-state index in [1.165, 1.54) is 138 Å². The lowest BCUT2D eigenvalue weighted by atomic mass is 9.80. The molecule has 24 rings (SSSR count). The number of hydrogen-bond donors (Lipinski definition) is 0. The molecule has 12 aromatic carbocycles. The van der Waals surface area contributed by atoms with Crippen LogP contribution in [0.4, 0.5) is 0 Å². The first-order valence-electron chi connectivity index (χ1n) is 37.9. The highest BCUT2D eigenvalue weighted by Gasteiger charge is 2.42. The molecule has 0 atom stereocenters. The minimum atomic E-state index is -0.0699. The van der Waals surface area contributed by atoms with Gasteiger partial charge in [0.25, 0.3) is 0 Å². The number of para-hydroxylation sites is 4. The van der Waals surface area contributed by atoms with Gasteiger partial charge in [-0.3, -0.25) is 18.3 Å². The van der Waals surface area contributed by atoms with Gasteiger partial charge in [-0.2, -0.15) is 0 Å². The molecule has 16 heteroatoms. The summed E-state index contributed by atoms with van der Waals surface area (Å²) < 4.78 is 8.61. The first-order valence-corrected chi connectivity index (χ1v) is 37.9. The van der Waals surface area contributed by atoms with Crippen molar-refractivity contribution in [3.63, 3.8) is 0 Å². The van der Waals surface area contributed by atoms with Gasteiger partial charge in [0.15, 0.2) is 0 Å². The molecule has 4 aliphatic carbocycles. The fourth-order valence-corrected chi connectivity index (χ4v) is 19.2. The van der Waals surface area contributed by atoms with Gasteiger partial charge in [-0.25, -0.2) is 59.8 Å². The van der Waals surface area contributed by atoms with E-state index in [-0.39, 0.29) is 21.7 Å². The molecule has 20 aromatic rings. The van der Waals surface area contributed by atoms with E-state index < -0.39 is 0 Å². The van der Waals surface area contributed by atoms with Gasteiger partial charge in [-0.05, 0) is 132 Å². The van der Waals surface area contributed by atoms with Crippen molar-refractivity contribution in [2.45, 2.75) is 77.0 Å². The van der Waals surface area contributed by atoms with Crippen molar-refractivity contribution in [2.24, 2.45) is 0 Å². The van der Waals surface area contributed by atoms with Gasteiger partial charge in [0.2, 0.25) is 23.8 Å². The molecular formula is C96H72N16. The zero-order valence-electron chi connectivity index (χ0n) is 62.9. The van der Waals surface area contributed by atoms with Crippen molar-refractivity contribution < 1.29 is 0 Å². The van der Waals surface area contributed by atoms with E-state index in [4.69, 9.17) is 0 Å². The highest BCUT2D eigenvalue weighted by Crippen LogP contribution is 2.57. The van der Waals surface area contributed by atoms with Crippen LogP contribution in [-0.4, -0.2) is 78.1 Å². The Morgan fingerprint density at radius 1 is 0.214 bits per heavy atom. The van der Waals surface area contributed by atoms with Crippen LogP contribution >= 0.6 is 0 Å². The summed E-state index contributed by atoms with van der Waals surface area (Å²) in [6.07, 6.45) is 12.4. The quantitative estimate of drug-likeness (QED) is 0.163. The fraction of sp³-hybridized carbons (Fsp3) is 0.125. The molecule has 0 saturated carbocycles. The Hall–Kier alpha value is -14.1. The summed E-state index contributed by atoms with van der Waals surface area (Å²) >= 11 is 0. The van der Waals surface area contributed by atoms with E-state index in [1.54, 1.807) is 50.6 Å². The third-order valence-electron chi connectivity index (χ3n) is 24.2. The van der Waals surface area contributed by atoms with E-state index in [9.17, 15) is 0 Å². The largest absolute Gasteiger partial charge is 0.278 e. The topological polar surface area (TPSA) is 174 Å². The highest BCUT2D eigenvalue weighted by molar-refractivity contribution is 6.19. The van der Waals surface area contributed by atoms with Crippen LogP contribution in [-0.2, 0) is 21.7 Å². The Morgan fingerprint density at radius 2 is 0.562 bits per heavy atom. The minimum absolute atomic E-state index is 0.0174. The molecule has 0 N–H and O–H groups in total. The summed E-state index contributed by atoms with van der Waals surface area (Å²) in [5.74, 6) is 2.59. The first kappa shape index (κ1) is 66.1. The van der Waals surface area contributed by atoms with Crippen LogP contribution in [0.15, 0.2) is 293 Å². The van der Waals surface area contributed by atoms with Crippen LogP contribution in [0.2, 0.25) is 0 Å². The van der Waals surface area contributed by atoms with Crippen LogP contribution in [0.25, 0.3) is 156 Å². The molecule has 4 aliphatic rings. The Balaban J connectivity index is 0.0000000943. The molecule has 0 bridgehead atoms. The van der Waals surface area contributed by atoms with E-state index in [0.717, 1.165) is 38.6 Å². The number of fused-ring (bicyclic) bond motifs is 27. The summed E-state index contributed by atoms with van der Waals surface area (Å²) in [6.45, 7) is 18.5. The Morgan fingerprint density at radius 3 is 1.09 bits per heavy atom. The van der Waals surface area contributed by atoms with Crippen molar-refractivity contribution >= 4 is 87.2 Å². The number of benzene rings is 12. The van der Waals surface area contributed by atoms with Crippen LogP contribution in [0.5, 0.6) is 0 Å². The highest BCUT2D eigenvalue weighted by atomic mass is 15.2. The predicted octanol–water partition coefficient (Wildman–Crippen LogP) is 21.1. The van der Waals surface area contributed by atoms with Crippen LogP contribution in [0, 0.1) is 0 Å². The summed E-state index contributed by atoms with van der Waals surface area (Å²) in [6, 6.07) is 87.1. The zero-order valence-corrected chi connectivity index (χ0v) is 62.9. The zero-order chi connectivity index (χ0) is 75.5. The molecule has 0 radical (unpaired) electrons. The predicted molar refractivity (Wildman–Crippen MR) is 447 cm³/mol. The van der Waals surface area contributed by atoms with Gasteiger partial charge in [0, 0.05) is 70.3 Å². The smallest absolute Gasteiger partial charge is 0.237 e. The maximum Gasteiger partial charge on any atom is 0.237 e. The summed E-state index contributed by atoms with van der Waals surface area (Å²) in [5.41, 5.74) is 30.4. The molecule has 0 amide bonds. The standard InChI is InChI=1S/4C24H18N4/c1-24(2)18-9-5-3-8-17(18)21-19(24)12-11-16-15-7-4-6-10-20(15)28(22(16)21)23-26-13-25-14-27-23;1-24(2)19-9-5-3-7-15(19)17-11-18-16-8-4-6-10-21(16)28(22(18)12-20(17)24)23-26-13-25-14-27-23;1-24(2)18-9-5-3-7-15(18)16-11-12-20-21(22(16)24)17-8-4-6-10-19(17)28(20)23-26-13-25-14-27-23;1-24(2)17-9-5-3-7-15(17)21-18(24)11-12-20-22(21)16-8-4-6-10-19(16)28(20)23-26-13-25-14-27-23/h4*3-14H,1-2H3. The Labute approximate surface area is 644 Å². The summed E-state index contributed by atoms with van der Waals surface area (Å²) in [7, 11) is 0. The molecule has 0 saturated heterocycles. The van der Waals surface area contributed by atoms with E-state index >= 15 is 0 Å². The van der Waals surface area contributed by atoms with Gasteiger partial charge in [0.05, 0.1) is 44.1 Å². The molecule has 0 fully saturated rings. The molecule has 8 heterocycles. The van der Waals surface area contributed by atoms with Crippen LogP contribution in [0.3, 0.4) is 0 Å². The second kappa shape index (κ2) is 24.7. The first-order chi connectivity index (χ1) is 54.7. The SMILES string of the molecule is CC1(C)c2ccccc2-c2c1ccc1c2c2ccccc2n1-c1ncncn1.CC1(C)c2ccccc2-c2c1ccc1c3ccccc3n(-c3ncncn3)c21.CC1(C)c2ccccc2-c2cc3c4ccccc4n(-c4ncncn4)c3cc21.CC1(C)c2ccccc2-c2ccc3c(c21)c1ccccc1n3-c1ncncn1. The molecule has 536 valence electrons. The van der Waals surface area contributed by atoms with Gasteiger partial charge < -0.3 is 0 Å². The second-order valence-corrected chi connectivity index (χ2v) is 31.4. The van der Waals surface area contributed by atoms with Crippen molar-refractivity contribution in [1.82, 2.24) is 78.1 Å². The molecule has 0 spiro atoms. The van der Waals surface area contributed by atoms with Gasteiger partial charge in [-0.1, -0.05) is 250 Å². The van der Waals surface area contributed by atoms with Crippen molar-refractivity contribution in [3.05, 3.63) is 338 Å². The Bertz CT molecular complexity index is 7180. The van der Waals surface area contributed by atoms with Crippen molar-refractivity contribution in [1.29, 1.82) is 0 Å². The molecular weight excluding hydrogens is 1380 g/mol. The summed E-state index contributed by atoms with van der Waals surface area (Å²) in [4.78, 5) is 51.5. The lowest BCUT2D eigenvalue weighted by molar-refractivity contribution is 0.660. The average Bonchev–Trinajstić information content (AvgIpc) is 1.57. The van der Waals surface area contributed by atoms with E-state index in [0.29, 0.717) is 23.8 Å². The van der Waals surface area contributed by atoms with Gasteiger partial charge in [-0.15, -0.1) is 0 Å². The summed E-state index contributed by atoms with van der Waals surface area (Å²) in [5, 5.41) is 9.88. The molecule has 16 nitrogen and oxygen atoms in total. The minimum Gasteiger partial charge on any atom is -0.278 e. The lowest BCUT2D eigenvalue weighted by Crippen LogP contribution is -2.15. The maximum atomic E-state index is 4.48. The third-order valence-corrected chi connectivity index (χ3v) is 24.2. The monoisotopic (exact) mass is 1450 g/mol. The van der Waals surface area contributed by atoms with Crippen LogP contribution < -0.4 is 0 Å². The maximum absolute atomic E-state index is 4.48. The van der Waals surface area contributed by atoms with Crippen LogP contribution in [0.1, 0.15) is 99.9 Å². The van der Waals surface area contributed by atoms with Crippen molar-refractivity contribution in [2.75, 3.05) is 0 Å². The molecule has 112 heavy (non-hydrogen) atoms. The molecule has 0 unspecified atom stereocenters. The van der Waals surface area contributed by atoms with E-state index in [2.05, 4.69) is 376 Å². The second-order valence-electron chi connectivity index (χ2n) is 31.4. The Kier molecular flexibility index (Phi) is 14.6. The normalized spacial score (nSPS) is 14.4. The van der Waals surface area contributed by atoms with Gasteiger partial charge in [0.1, 0.15) is 50.6 Å². The average molecular weight is 1450 g/mol. The number of nitrogens with zero attached hydrogens (tertiary/aromatic N) is 16. The molecule has 8 aromatic heterocycles. The van der Waals surface area contributed by atoms with E-state index in [1.807, 2.05) is 0 Å². The number of aromatic nitrogens is 16. The molecule has 0 aliphatic heterocycles. The third kappa shape index (κ3) is 9.53. The lowest BCUT2D eigenvalue weighted by Gasteiger charge is -2.22.